The average Bonchev–Trinajstić information content (AvgIpc) is 2.78. The summed E-state index contributed by atoms with van der Waals surface area (Å²) >= 11 is 5.66. The van der Waals surface area contributed by atoms with Gasteiger partial charge in [-0.1, -0.05) is 37.4 Å². The molecule has 2 rings (SSSR count). The third-order valence-electron chi connectivity index (χ3n) is 4.27. The van der Waals surface area contributed by atoms with Gasteiger partial charge < -0.3 is 5.32 Å². The minimum atomic E-state index is 0.433. The second kappa shape index (κ2) is 5.52. The molecule has 2 nitrogen and oxygen atoms in total. The highest BCUT2D eigenvalue weighted by Crippen LogP contribution is 2.36. The molecule has 1 atom stereocenters. The van der Waals surface area contributed by atoms with Crippen molar-refractivity contribution in [1.29, 1.82) is 0 Å². The molecule has 1 heterocycles. The lowest BCUT2D eigenvalue weighted by atomic mass is 9.90. The molecule has 1 unspecified atom stereocenters. The topological polar surface area (TPSA) is 15.3 Å². The van der Waals surface area contributed by atoms with Crippen molar-refractivity contribution < 1.29 is 0 Å². The maximum absolute atomic E-state index is 5.66. The van der Waals surface area contributed by atoms with Crippen LogP contribution in [0.25, 0.3) is 0 Å². The first kappa shape index (κ1) is 12.4. The molecule has 0 radical (unpaired) electrons. The van der Waals surface area contributed by atoms with Gasteiger partial charge in [-0.15, -0.1) is 0 Å². The molecule has 16 heavy (non-hydrogen) atoms. The van der Waals surface area contributed by atoms with Gasteiger partial charge in [0.15, 0.2) is 0 Å². The van der Waals surface area contributed by atoms with Crippen LogP contribution in [0.1, 0.15) is 39.0 Å². The highest BCUT2D eigenvalue weighted by molar-refractivity contribution is 6.25. The van der Waals surface area contributed by atoms with Gasteiger partial charge in [0, 0.05) is 36.8 Å². The third-order valence-corrected chi connectivity index (χ3v) is 4.45. The number of nitrogens with one attached hydrogen (secondary N) is 1. The molecule has 92 valence electrons. The van der Waals surface area contributed by atoms with Crippen LogP contribution < -0.4 is 5.32 Å². The number of nitrogens with zero attached hydrogens (tertiary/aromatic N) is 1. The molecule has 0 aromatic carbocycles. The monoisotopic (exact) mass is 242 g/mol. The Morgan fingerprint density at radius 1 is 1.44 bits per heavy atom. The van der Waals surface area contributed by atoms with Gasteiger partial charge in [-0.25, -0.2) is 0 Å². The van der Waals surface area contributed by atoms with Crippen molar-refractivity contribution >= 4 is 11.6 Å². The molecule has 1 aliphatic heterocycles. The second-order valence-corrected chi connectivity index (χ2v) is 5.44. The number of hydrogen-bond donors (Lipinski definition) is 1. The molecular formula is C13H23ClN2. The number of rotatable bonds is 3. The van der Waals surface area contributed by atoms with Crippen molar-refractivity contribution in [2.45, 2.75) is 50.6 Å². The molecule has 3 heteroatoms. The highest BCUT2D eigenvalue weighted by Gasteiger charge is 2.42. The van der Waals surface area contributed by atoms with Crippen molar-refractivity contribution in [2.24, 2.45) is 0 Å². The Morgan fingerprint density at radius 2 is 2.19 bits per heavy atom. The fraction of sp³-hybridized carbons (Fsp3) is 0.846. The summed E-state index contributed by atoms with van der Waals surface area (Å²) in [7, 11) is 0. The molecule has 1 aliphatic carbocycles. The van der Waals surface area contributed by atoms with E-state index in [-0.39, 0.29) is 0 Å². The van der Waals surface area contributed by atoms with Crippen LogP contribution in [0.15, 0.2) is 11.6 Å². The van der Waals surface area contributed by atoms with Gasteiger partial charge >= 0.3 is 0 Å². The fourth-order valence-corrected chi connectivity index (χ4v) is 3.28. The first-order valence-electron chi connectivity index (χ1n) is 6.54. The Hall–Kier alpha value is -0.0500. The lowest BCUT2D eigenvalue weighted by Crippen LogP contribution is -2.63. The van der Waals surface area contributed by atoms with Gasteiger partial charge in [-0.05, 0) is 19.3 Å². The zero-order valence-electron chi connectivity index (χ0n) is 10.2. The van der Waals surface area contributed by atoms with Crippen molar-refractivity contribution in [3.63, 3.8) is 0 Å². The van der Waals surface area contributed by atoms with E-state index in [2.05, 4.69) is 23.2 Å². The van der Waals surface area contributed by atoms with Crippen LogP contribution in [-0.2, 0) is 0 Å². The summed E-state index contributed by atoms with van der Waals surface area (Å²) in [5.74, 6) is 0. The number of hydrogen-bond acceptors (Lipinski definition) is 2. The largest absolute Gasteiger partial charge is 0.311 e. The van der Waals surface area contributed by atoms with E-state index in [1.54, 1.807) is 5.54 Å². The minimum absolute atomic E-state index is 0.433. The SMILES string of the molecule is CCC1CN(C/C=C/Cl)C2(CCCC2)CN1. The summed E-state index contributed by atoms with van der Waals surface area (Å²) in [6.07, 6.45) is 8.79. The van der Waals surface area contributed by atoms with Crippen LogP contribution in [0.3, 0.4) is 0 Å². The number of piperazine rings is 1. The van der Waals surface area contributed by atoms with Gasteiger partial charge in [0.2, 0.25) is 0 Å². The van der Waals surface area contributed by atoms with E-state index < -0.39 is 0 Å². The molecule has 0 aromatic heterocycles. The quantitative estimate of drug-likeness (QED) is 0.819. The molecule has 2 aliphatic rings. The second-order valence-electron chi connectivity index (χ2n) is 5.18. The zero-order chi connectivity index (χ0) is 11.4. The lowest BCUT2D eigenvalue weighted by Gasteiger charge is -2.48. The third kappa shape index (κ3) is 2.44. The van der Waals surface area contributed by atoms with E-state index in [1.165, 1.54) is 45.2 Å². The molecular weight excluding hydrogens is 220 g/mol. The van der Waals surface area contributed by atoms with Gasteiger partial charge in [0.05, 0.1) is 0 Å². The molecule has 2 fully saturated rings. The minimum Gasteiger partial charge on any atom is -0.311 e. The number of halogens is 1. The Kier molecular flexibility index (Phi) is 4.28. The van der Waals surface area contributed by atoms with Crippen molar-refractivity contribution in [2.75, 3.05) is 19.6 Å². The Labute approximate surface area is 104 Å². The van der Waals surface area contributed by atoms with E-state index >= 15 is 0 Å². The predicted molar refractivity (Wildman–Crippen MR) is 69.8 cm³/mol. The zero-order valence-corrected chi connectivity index (χ0v) is 11.0. The molecule has 1 saturated carbocycles. The summed E-state index contributed by atoms with van der Waals surface area (Å²) in [6.45, 7) is 5.63. The molecule has 0 amide bonds. The first-order chi connectivity index (χ1) is 7.80. The van der Waals surface area contributed by atoms with E-state index in [0.29, 0.717) is 11.6 Å². The van der Waals surface area contributed by atoms with E-state index in [1.807, 2.05) is 0 Å². The average molecular weight is 243 g/mol. The van der Waals surface area contributed by atoms with Crippen molar-refractivity contribution in [1.82, 2.24) is 10.2 Å². The Balaban J connectivity index is 2.04. The van der Waals surface area contributed by atoms with E-state index in [0.717, 1.165) is 6.54 Å². The van der Waals surface area contributed by atoms with Crippen LogP contribution in [0.4, 0.5) is 0 Å². The van der Waals surface area contributed by atoms with Crippen molar-refractivity contribution in [3.05, 3.63) is 11.6 Å². The summed E-state index contributed by atoms with van der Waals surface area (Å²) < 4.78 is 0. The summed E-state index contributed by atoms with van der Waals surface area (Å²) in [5.41, 5.74) is 2.09. The normalized spacial score (nSPS) is 30.5. The first-order valence-corrected chi connectivity index (χ1v) is 6.98. The van der Waals surface area contributed by atoms with Gasteiger partial charge in [-0.3, -0.25) is 4.90 Å². The Morgan fingerprint density at radius 3 is 2.81 bits per heavy atom. The van der Waals surface area contributed by atoms with Crippen molar-refractivity contribution in [3.8, 4) is 0 Å². The summed E-state index contributed by atoms with van der Waals surface area (Å²) in [5, 5.41) is 3.71. The van der Waals surface area contributed by atoms with Crippen LogP contribution in [0, 0.1) is 0 Å². The summed E-state index contributed by atoms with van der Waals surface area (Å²) in [4.78, 5) is 2.66. The highest BCUT2D eigenvalue weighted by atomic mass is 35.5. The van der Waals surface area contributed by atoms with Gasteiger partial charge in [0.25, 0.3) is 0 Å². The van der Waals surface area contributed by atoms with Crippen LogP contribution in [0.2, 0.25) is 0 Å². The van der Waals surface area contributed by atoms with Crippen LogP contribution in [-0.4, -0.2) is 36.1 Å². The molecule has 1 spiro atoms. The van der Waals surface area contributed by atoms with E-state index in [9.17, 15) is 0 Å². The maximum atomic E-state index is 5.66. The Bertz CT molecular complexity index is 246. The molecule has 0 aromatic rings. The van der Waals surface area contributed by atoms with E-state index in [4.69, 9.17) is 11.6 Å². The van der Waals surface area contributed by atoms with Gasteiger partial charge in [0.1, 0.15) is 0 Å². The van der Waals surface area contributed by atoms with Gasteiger partial charge in [-0.2, -0.15) is 0 Å². The maximum Gasteiger partial charge on any atom is 0.0338 e. The smallest absolute Gasteiger partial charge is 0.0338 e. The van der Waals surface area contributed by atoms with Crippen LogP contribution in [0.5, 0.6) is 0 Å². The molecule has 1 saturated heterocycles. The predicted octanol–water partition coefficient (Wildman–Crippen LogP) is 2.74. The van der Waals surface area contributed by atoms with Crippen LogP contribution >= 0.6 is 11.6 Å². The summed E-state index contributed by atoms with van der Waals surface area (Å²) in [6, 6.07) is 0.662. The lowest BCUT2D eigenvalue weighted by molar-refractivity contribution is 0.0534. The molecule has 1 N–H and O–H groups in total. The fourth-order valence-electron chi connectivity index (χ4n) is 3.21. The standard InChI is InChI=1S/C13H23ClN2/c1-2-12-10-16(9-5-8-14)13(11-15-12)6-3-4-7-13/h5,8,12,15H,2-4,6-7,9-11H2,1H3/b8-5+. The molecule has 0 bridgehead atoms.